The fourth-order valence-corrected chi connectivity index (χ4v) is 6.50. The minimum absolute atomic E-state index is 0.492. The third-order valence-electron chi connectivity index (χ3n) is 2.71. The Morgan fingerprint density at radius 1 is 1.35 bits per heavy atom. The average molecular weight is 270 g/mol. The van der Waals surface area contributed by atoms with E-state index in [1.165, 1.54) is 0 Å². The van der Waals surface area contributed by atoms with E-state index in [9.17, 15) is 4.21 Å². The number of nitrogens with zero attached hydrogens (tertiary/aromatic N) is 1. The summed E-state index contributed by atoms with van der Waals surface area (Å²) >= 11 is 0. The molecule has 1 aliphatic rings. The number of rotatable bonds is 1. The third-order valence-corrected chi connectivity index (χ3v) is 7.80. The second-order valence-corrected chi connectivity index (χ2v) is 7.94. The molecule has 1 heterocycles. The molecule has 2 N–H and O–H groups in total. The van der Waals surface area contributed by atoms with Crippen molar-refractivity contribution in [2.75, 3.05) is 0 Å². The van der Waals surface area contributed by atoms with Gasteiger partial charge in [0.15, 0.2) is 15.4 Å². The van der Waals surface area contributed by atoms with Crippen molar-refractivity contribution in [1.29, 1.82) is 0 Å². The van der Waals surface area contributed by atoms with Crippen LogP contribution in [0.5, 0.6) is 0 Å². The van der Waals surface area contributed by atoms with Crippen LogP contribution in [0.25, 0.3) is 0 Å². The van der Waals surface area contributed by atoms with E-state index in [0.717, 1.165) is 10.6 Å². The molecule has 0 aromatic heterocycles. The van der Waals surface area contributed by atoms with Crippen molar-refractivity contribution < 1.29 is 9.42 Å². The molecule has 1 unspecified atom stereocenters. The van der Waals surface area contributed by atoms with Gasteiger partial charge in [-0.15, -0.1) is 14.1 Å². The zero-order chi connectivity index (χ0) is 12.5. The Hall–Kier alpha value is -0.950. The minimum Gasteiger partial charge on any atom is -0.304 e. The topological polar surface area (TPSA) is 61.7 Å². The molecule has 0 bridgehead atoms. The van der Waals surface area contributed by atoms with Crippen LogP contribution in [-0.4, -0.2) is 24.5 Å². The number of para-hydroxylation sites is 1. The van der Waals surface area contributed by atoms with E-state index >= 15 is 0 Å². The summed E-state index contributed by atoms with van der Waals surface area (Å²) in [6.07, 6.45) is 0. The Balaban J connectivity index is 2.80. The molecular formula is C11H14N2O2S2. The molecule has 0 radical (unpaired) electrons. The molecule has 2 rings (SSSR count). The zero-order valence-corrected chi connectivity index (χ0v) is 11.2. The predicted octanol–water partition coefficient (Wildman–Crippen LogP) is 2.14. The molecule has 1 aromatic rings. The lowest BCUT2D eigenvalue weighted by Crippen LogP contribution is -2.20. The first kappa shape index (κ1) is 12.5. The lowest BCUT2D eigenvalue weighted by Gasteiger charge is -2.13. The van der Waals surface area contributed by atoms with Gasteiger partial charge in [0.2, 0.25) is 0 Å². The second-order valence-electron chi connectivity index (χ2n) is 3.39. The Morgan fingerprint density at radius 3 is 2.59 bits per heavy atom. The number of benzene rings is 1. The van der Waals surface area contributed by atoms with Crippen molar-refractivity contribution in [1.82, 2.24) is 4.89 Å². The van der Waals surface area contributed by atoms with Crippen LogP contribution >= 0.6 is 9.21 Å². The summed E-state index contributed by atoms with van der Waals surface area (Å²) in [5.41, 5.74) is 0.831. The smallest absolute Gasteiger partial charge is 0.173 e. The van der Waals surface area contributed by atoms with Crippen molar-refractivity contribution in [2.24, 2.45) is 4.99 Å². The molecule has 0 saturated heterocycles. The van der Waals surface area contributed by atoms with Crippen LogP contribution in [0.15, 0.2) is 34.2 Å². The van der Waals surface area contributed by atoms with E-state index in [4.69, 9.17) is 5.21 Å². The highest BCUT2D eigenvalue weighted by Gasteiger charge is 2.27. The normalized spacial score (nSPS) is 18.2. The van der Waals surface area contributed by atoms with E-state index in [-0.39, 0.29) is 0 Å². The summed E-state index contributed by atoms with van der Waals surface area (Å²) in [6, 6.07) is 7.73. The summed E-state index contributed by atoms with van der Waals surface area (Å²) < 4.78 is 12.3. The molecule has 1 aromatic carbocycles. The van der Waals surface area contributed by atoms with E-state index in [1.807, 2.05) is 48.8 Å². The van der Waals surface area contributed by atoms with Crippen LogP contribution in [0.1, 0.15) is 13.8 Å². The van der Waals surface area contributed by atoms with Gasteiger partial charge in [0.1, 0.15) is 0 Å². The minimum atomic E-state index is -1.67. The fraction of sp³-hybridized carbons (Fsp3) is 0.182. The largest absolute Gasteiger partial charge is 0.304 e. The number of fused-ring (bicyclic) bond motifs is 1. The lowest BCUT2D eigenvalue weighted by atomic mass is 10.3. The molecule has 4 nitrogen and oxygen atoms in total. The molecule has 0 saturated carbocycles. The SMILES string of the molecule is CC=S1(=CC)C(S(=O)NO)=Nc2ccccc21. The van der Waals surface area contributed by atoms with Gasteiger partial charge in [0.25, 0.3) is 0 Å². The van der Waals surface area contributed by atoms with Gasteiger partial charge < -0.3 is 5.21 Å². The predicted molar refractivity (Wildman–Crippen MR) is 75.9 cm³/mol. The van der Waals surface area contributed by atoms with E-state index < -0.39 is 20.2 Å². The first-order valence-electron chi connectivity index (χ1n) is 5.11. The highest BCUT2D eigenvalue weighted by atomic mass is 32.3. The van der Waals surface area contributed by atoms with Crippen molar-refractivity contribution in [3.8, 4) is 0 Å². The molecular weight excluding hydrogens is 256 g/mol. The van der Waals surface area contributed by atoms with Gasteiger partial charge in [-0.25, -0.2) is 9.20 Å². The molecule has 1 aliphatic heterocycles. The molecule has 1 atom stereocenters. The van der Waals surface area contributed by atoms with Gasteiger partial charge in [-0.2, -0.15) is 0 Å². The molecule has 0 fully saturated rings. The summed E-state index contributed by atoms with van der Waals surface area (Å²) in [4.78, 5) is 7.25. The third kappa shape index (κ3) is 1.77. The van der Waals surface area contributed by atoms with Gasteiger partial charge in [-0.05, 0) is 26.0 Å². The summed E-state index contributed by atoms with van der Waals surface area (Å²) in [6.45, 7) is 3.86. The van der Waals surface area contributed by atoms with Crippen molar-refractivity contribution >= 4 is 41.0 Å². The van der Waals surface area contributed by atoms with Crippen molar-refractivity contribution in [3.63, 3.8) is 0 Å². The van der Waals surface area contributed by atoms with Crippen LogP contribution in [-0.2, 0) is 11.0 Å². The van der Waals surface area contributed by atoms with Gasteiger partial charge in [0, 0.05) is 4.90 Å². The van der Waals surface area contributed by atoms with E-state index in [0.29, 0.717) is 4.38 Å². The Kier molecular flexibility index (Phi) is 3.48. The average Bonchev–Trinajstić information content (AvgIpc) is 2.72. The van der Waals surface area contributed by atoms with E-state index in [2.05, 4.69) is 4.99 Å². The van der Waals surface area contributed by atoms with Crippen LogP contribution in [0.3, 0.4) is 0 Å². The summed E-state index contributed by atoms with van der Waals surface area (Å²) in [5, 5.41) is 12.9. The van der Waals surface area contributed by atoms with Crippen LogP contribution in [0, 0.1) is 0 Å². The fourth-order valence-electron chi connectivity index (χ4n) is 1.90. The molecule has 92 valence electrons. The van der Waals surface area contributed by atoms with Crippen molar-refractivity contribution in [2.45, 2.75) is 18.7 Å². The van der Waals surface area contributed by atoms with Gasteiger partial charge in [-0.3, -0.25) is 0 Å². The maximum Gasteiger partial charge on any atom is 0.173 e. The van der Waals surface area contributed by atoms with Gasteiger partial charge in [-0.1, -0.05) is 22.9 Å². The first-order valence-corrected chi connectivity index (χ1v) is 8.02. The standard InChI is InChI=1S/C11H14N2O2S2/c1-3-17(4-2)10-8-6-5-7-9(10)12-11(17)16(15)13-14/h3-8,13-14H,1-2H3. The Morgan fingerprint density at radius 2 is 2.00 bits per heavy atom. The molecule has 17 heavy (non-hydrogen) atoms. The lowest BCUT2D eigenvalue weighted by molar-refractivity contribution is 0.253. The quantitative estimate of drug-likeness (QED) is 0.466. The Bertz CT molecular complexity index is 612. The zero-order valence-electron chi connectivity index (χ0n) is 9.58. The maximum atomic E-state index is 11.8. The summed E-state index contributed by atoms with van der Waals surface area (Å²) in [7, 11) is -3.24. The number of hydrogen-bond acceptors (Lipinski definition) is 3. The number of nitrogens with one attached hydrogen (secondary N) is 1. The number of aliphatic imine (C=N–C) groups is 1. The van der Waals surface area contributed by atoms with Crippen LogP contribution in [0.4, 0.5) is 5.69 Å². The van der Waals surface area contributed by atoms with Crippen LogP contribution in [0.2, 0.25) is 0 Å². The van der Waals surface area contributed by atoms with Gasteiger partial charge in [0.05, 0.1) is 5.69 Å². The molecule has 0 spiro atoms. The Labute approximate surface area is 103 Å². The summed E-state index contributed by atoms with van der Waals surface area (Å²) in [5.74, 6) is 0. The van der Waals surface area contributed by atoms with Crippen LogP contribution < -0.4 is 4.89 Å². The van der Waals surface area contributed by atoms with Crippen molar-refractivity contribution in [3.05, 3.63) is 24.3 Å². The maximum absolute atomic E-state index is 11.8. The second kappa shape index (κ2) is 4.73. The molecule has 0 amide bonds. The molecule has 0 aliphatic carbocycles. The number of hydrogen-bond donors (Lipinski definition) is 2. The highest BCUT2D eigenvalue weighted by Crippen LogP contribution is 2.49. The van der Waals surface area contributed by atoms with E-state index in [1.54, 1.807) is 4.89 Å². The highest BCUT2D eigenvalue weighted by molar-refractivity contribution is 8.51. The first-order chi connectivity index (χ1) is 8.19. The monoisotopic (exact) mass is 270 g/mol. The van der Waals surface area contributed by atoms with Gasteiger partial charge >= 0.3 is 0 Å². The molecule has 6 heteroatoms.